The Bertz CT molecular complexity index is 626. The third-order valence-electron chi connectivity index (χ3n) is 3.05. The molecule has 2 N–H and O–H groups in total. The van der Waals surface area contributed by atoms with Crippen molar-refractivity contribution in [1.82, 2.24) is 0 Å². The monoisotopic (exact) mass is 315 g/mol. The molecule has 112 valence electrons. The summed E-state index contributed by atoms with van der Waals surface area (Å²) in [5.41, 5.74) is -0.0797. The molecular weight excluding hydrogens is 303 g/mol. The van der Waals surface area contributed by atoms with E-state index < -0.39 is 11.7 Å². The van der Waals surface area contributed by atoms with Crippen molar-refractivity contribution < 1.29 is 18.3 Å². The Balaban J connectivity index is 2.29. The van der Waals surface area contributed by atoms with E-state index in [0.29, 0.717) is 0 Å². The van der Waals surface area contributed by atoms with Gasteiger partial charge in [-0.1, -0.05) is 23.7 Å². The van der Waals surface area contributed by atoms with Crippen LogP contribution in [0, 0.1) is 0 Å². The minimum absolute atomic E-state index is 0.0326. The molecule has 0 heterocycles. The number of alkyl halides is 3. The maximum Gasteiger partial charge on any atom is 0.418 e. The van der Waals surface area contributed by atoms with Gasteiger partial charge in [0, 0.05) is 16.8 Å². The van der Waals surface area contributed by atoms with Crippen LogP contribution in [-0.2, 0) is 6.18 Å². The van der Waals surface area contributed by atoms with E-state index in [1.165, 1.54) is 24.3 Å². The molecule has 0 bridgehead atoms. The summed E-state index contributed by atoms with van der Waals surface area (Å²) in [6.45, 7) is 1.74. The maximum atomic E-state index is 13.0. The summed E-state index contributed by atoms with van der Waals surface area (Å²) in [6, 6.07) is 9.53. The van der Waals surface area contributed by atoms with Crippen LogP contribution in [0.2, 0.25) is 5.02 Å². The Hall–Kier alpha value is -1.88. The van der Waals surface area contributed by atoms with Gasteiger partial charge in [0.15, 0.2) is 0 Å². The lowest BCUT2D eigenvalue weighted by molar-refractivity contribution is -0.137. The van der Waals surface area contributed by atoms with Gasteiger partial charge in [0.25, 0.3) is 0 Å². The van der Waals surface area contributed by atoms with Crippen molar-refractivity contribution in [2.45, 2.75) is 19.1 Å². The summed E-state index contributed by atoms with van der Waals surface area (Å²) in [6.07, 6.45) is -4.48. The zero-order chi connectivity index (χ0) is 15.6. The number of benzene rings is 2. The molecule has 2 aromatic carbocycles. The van der Waals surface area contributed by atoms with E-state index in [1.54, 1.807) is 19.1 Å². The topological polar surface area (TPSA) is 32.3 Å². The number of rotatable bonds is 3. The Kier molecular flexibility index (Phi) is 4.32. The van der Waals surface area contributed by atoms with E-state index in [9.17, 15) is 18.3 Å². The summed E-state index contributed by atoms with van der Waals surface area (Å²) >= 11 is 5.64. The number of hydrogen-bond donors (Lipinski definition) is 2. The summed E-state index contributed by atoms with van der Waals surface area (Å²) < 4.78 is 39.0. The van der Waals surface area contributed by atoms with E-state index in [4.69, 9.17) is 11.6 Å². The normalized spacial score (nSPS) is 13.0. The first-order valence-corrected chi connectivity index (χ1v) is 6.57. The van der Waals surface area contributed by atoms with Crippen LogP contribution in [0.1, 0.15) is 24.1 Å². The average molecular weight is 316 g/mol. The van der Waals surface area contributed by atoms with Crippen LogP contribution in [0.4, 0.5) is 18.9 Å². The quantitative estimate of drug-likeness (QED) is 0.812. The molecule has 1 unspecified atom stereocenters. The van der Waals surface area contributed by atoms with E-state index in [0.717, 1.165) is 11.6 Å². The molecule has 0 aliphatic rings. The second-order valence-corrected chi connectivity index (χ2v) is 5.08. The highest BCUT2D eigenvalue weighted by Crippen LogP contribution is 2.37. The van der Waals surface area contributed by atoms with Gasteiger partial charge < -0.3 is 10.4 Å². The lowest BCUT2D eigenvalue weighted by Gasteiger charge is -2.20. The zero-order valence-corrected chi connectivity index (χ0v) is 11.8. The number of hydrogen-bond acceptors (Lipinski definition) is 2. The van der Waals surface area contributed by atoms with E-state index in [1.807, 2.05) is 0 Å². The summed E-state index contributed by atoms with van der Waals surface area (Å²) in [5.74, 6) is 0.105. The second kappa shape index (κ2) is 5.85. The van der Waals surface area contributed by atoms with Gasteiger partial charge in [0.2, 0.25) is 0 Å². The van der Waals surface area contributed by atoms with Crippen molar-refractivity contribution in [3.8, 4) is 5.75 Å². The molecule has 0 aliphatic heterocycles. The average Bonchev–Trinajstić information content (AvgIpc) is 2.40. The highest BCUT2D eigenvalue weighted by atomic mass is 35.5. The number of aromatic hydroxyl groups is 1. The lowest BCUT2D eigenvalue weighted by atomic mass is 10.1. The molecule has 2 aromatic rings. The standard InChI is InChI=1S/C15H13ClF3NO/c1-9(10-2-5-12(21)6-3-10)20-14-7-4-11(16)8-13(14)15(17,18)19/h2-9,20-21H,1H3. The largest absolute Gasteiger partial charge is 0.508 e. The van der Waals surface area contributed by atoms with E-state index in [-0.39, 0.29) is 22.5 Å². The first kappa shape index (κ1) is 15.5. The third kappa shape index (κ3) is 3.82. The third-order valence-corrected chi connectivity index (χ3v) is 3.29. The summed E-state index contributed by atoms with van der Waals surface area (Å²) in [7, 11) is 0. The fourth-order valence-electron chi connectivity index (χ4n) is 1.96. The molecule has 0 spiro atoms. The molecule has 0 amide bonds. The molecule has 0 aliphatic carbocycles. The Morgan fingerprint density at radius 1 is 1.10 bits per heavy atom. The molecular formula is C15H13ClF3NO. The molecule has 6 heteroatoms. The van der Waals surface area contributed by atoms with E-state index >= 15 is 0 Å². The minimum atomic E-state index is -4.48. The Morgan fingerprint density at radius 3 is 2.29 bits per heavy atom. The van der Waals surface area contributed by atoms with Crippen LogP contribution in [0.5, 0.6) is 5.75 Å². The highest BCUT2D eigenvalue weighted by molar-refractivity contribution is 6.30. The zero-order valence-electron chi connectivity index (χ0n) is 11.1. The molecule has 0 radical (unpaired) electrons. The van der Waals surface area contributed by atoms with Gasteiger partial charge in [-0.2, -0.15) is 13.2 Å². The van der Waals surface area contributed by atoms with Gasteiger partial charge in [0.05, 0.1) is 5.56 Å². The molecule has 0 saturated heterocycles. The van der Waals surface area contributed by atoms with Crippen molar-refractivity contribution in [3.63, 3.8) is 0 Å². The predicted octanol–water partition coefficient (Wildman–Crippen LogP) is 5.24. The van der Waals surface area contributed by atoms with Crippen molar-refractivity contribution in [2.24, 2.45) is 0 Å². The van der Waals surface area contributed by atoms with Gasteiger partial charge in [0.1, 0.15) is 5.75 Å². The van der Waals surface area contributed by atoms with Gasteiger partial charge >= 0.3 is 6.18 Å². The van der Waals surface area contributed by atoms with Crippen LogP contribution in [0.15, 0.2) is 42.5 Å². The van der Waals surface area contributed by atoms with E-state index in [2.05, 4.69) is 5.32 Å². The first-order valence-electron chi connectivity index (χ1n) is 6.19. The van der Waals surface area contributed by atoms with Gasteiger partial charge in [-0.3, -0.25) is 0 Å². The number of anilines is 1. The van der Waals surface area contributed by atoms with Crippen LogP contribution in [0.25, 0.3) is 0 Å². The van der Waals surface area contributed by atoms with Crippen LogP contribution in [0.3, 0.4) is 0 Å². The van der Waals surface area contributed by atoms with Crippen molar-refractivity contribution in [1.29, 1.82) is 0 Å². The number of phenolic OH excluding ortho intramolecular Hbond substituents is 1. The Morgan fingerprint density at radius 2 is 1.71 bits per heavy atom. The van der Waals surface area contributed by atoms with Crippen molar-refractivity contribution in [3.05, 3.63) is 58.6 Å². The fourth-order valence-corrected chi connectivity index (χ4v) is 2.13. The smallest absolute Gasteiger partial charge is 0.418 e. The molecule has 0 aromatic heterocycles. The maximum absolute atomic E-state index is 13.0. The highest BCUT2D eigenvalue weighted by Gasteiger charge is 2.34. The molecule has 0 fully saturated rings. The Labute approximate surface area is 125 Å². The minimum Gasteiger partial charge on any atom is -0.508 e. The molecule has 2 nitrogen and oxygen atoms in total. The van der Waals surface area contributed by atoms with Crippen LogP contribution < -0.4 is 5.32 Å². The summed E-state index contributed by atoms with van der Waals surface area (Å²) in [5, 5.41) is 12.1. The molecule has 2 rings (SSSR count). The number of halogens is 4. The predicted molar refractivity (Wildman–Crippen MR) is 76.6 cm³/mol. The first-order chi connectivity index (χ1) is 9.77. The van der Waals surface area contributed by atoms with Crippen molar-refractivity contribution in [2.75, 3.05) is 5.32 Å². The lowest BCUT2D eigenvalue weighted by Crippen LogP contribution is -2.13. The molecule has 1 atom stereocenters. The number of nitrogens with one attached hydrogen (secondary N) is 1. The van der Waals surface area contributed by atoms with Gasteiger partial charge in [-0.05, 0) is 42.8 Å². The van der Waals surface area contributed by atoms with Gasteiger partial charge in [-0.15, -0.1) is 0 Å². The second-order valence-electron chi connectivity index (χ2n) is 4.65. The summed E-state index contributed by atoms with van der Waals surface area (Å²) in [4.78, 5) is 0. The van der Waals surface area contributed by atoms with Crippen molar-refractivity contribution >= 4 is 17.3 Å². The SMILES string of the molecule is CC(Nc1ccc(Cl)cc1C(F)(F)F)c1ccc(O)cc1. The van der Waals surface area contributed by atoms with Crippen LogP contribution >= 0.6 is 11.6 Å². The van der Waals surface area contributed by atoms with Crippen LogP contribution in [-0.4, -0.2) is 5.11 Å². The molecule has 0 saturated carbocycles. The fraction of sp³-hybridized carbons (Fsp3) is 0.200. The number of phenols is 1. The van der Waals surface area contributed by atoms with Gasteiger partial charge in [-0.25, -0.2) is 0 Å². The molecule has 21 heavy (non-hydrogen) atoms.